The summed E-state index contributed by atoms with van der Waals surface area (Å²) in [4.78, 5) is 6.77. The molecule has 0 aromatic carbocycles. The van der Waals surface area contributed by atoms with Crippen molar-refractivity contribution in [3.8, 4) is 0 Å². The highest BCUT2D eigenvalue weighted by Gasteiger charge is 2.23. The maximum atomic E-state index is 13.0. The Morgan fingerprint density at radius 2 is 2.15 bits per heavy atom. The molecule has 2 rings (SSSR count). The van der Waals surface area contributed by atoms with E-state index >= 15 is 0 Å². The molecule has 2 atom stereocenters. The number of thioether (sulfide) groups is 1. The van der Waals surface area contributed by atoms with Crippen molar-refractivity contribution in [1.82, 2.24) is 15.2 Å². The maximum absolute atomic E-state index is 13.0. The molecule has 1 saturated heterocycles. The van der Waals surface area contributed by atoms with E-state index in [0.717, 1.165) is 18.8 Å². The quantitative estimate of drug-likeness (QED) is 0.873. The fourth-order valence-electron chi connectivity index (χ4n) is 2.68. The molecule has 2 heterocycles. The second kappa shape index (κ2) is 7.96. The molecule has 1 N–H and O–H groups in total. The lowest BCUT2D eigenvalue weighted by atomic mass is 9.97. The van der Waals surface area contributed by atoms with Crippen LogP contribution in [0.25, 0.3) is 0 Å². The van der Waals surface area contributed by atoms with Crippen LogP contribution in [0.15, 0.2) is 18.3 Å². The lowest BCUT2D eigenvalue weighted by molar-refractivity contribution is 0.226. The third kappa shape index (κ3) is 4.43. The predicted octanol–water partition coefficient (Wildman–Crippen LogP) is 2.56. The van der Waals surface area contributed by atoms with E-state index in [0.29, 0.717) is 5.92 Å². The van der Waals surface area contributed by atoms with Crippen molar-refractivity contribution < 1.29 is 4.39 Å². The van der Waals surface area contributed by atoms with Crippen molar-refractivity contribution in [3.05, 3.63) is 29.8 Å². The van der Waals surface area contributed by atoms with Gasteiger partial charge in [0.25, 0.3) is 0 Å². The van der Waals surface area contributed by atoms with Crippen molar-refractivity contribution in [3.63, 3.8) is 0 Å². The van der Waals surface area contributed by atoms with E-state index in [4.69, 9.17) is 0 Å². The normalized spacial score (nSPS) is 19.8. The Morgan fingerprint density at radius 1 is 1.40 bits per heavy atom. The van der Waals surface area contributed by atoms with Crippen LogP contribution in [-0.2, 0) is 0 Å². The molecule has 0 bridgehead atoms. The second-order valence-corrected chi connectivity index (χ2v) is 6.55. The third-order valence-electron chi connectivity index (χ3n) is 3.71. The Balaban J connectivity index is 2.00. The zero-order chi connectivity index (χ0) is 14.4. The van der Waals surface area contributed by atoms with Crippen LogP contribution in [0.4, 0.5) is 4.39 Å². The Labute approximate surface area is 125 Å². The summed E-state index contributed by atoms with van der Waals surface area (Å²) in [5, 5.41) is 3.49. The Kier molecular flexibility index (Phi) is 6.26. The van der Waals surface area contributed by atoms with Crippen LogP contribution in [0, 0.1) is 11.7 Å². The third-order valence-corrected chi connectivity index (χ3v) is 4.65. The summed E-state index contributed by atoms with van der Waals surface area (Å²) in [5.74, 6) is 2.64. The van der Waals surface area contributed by atoms with Gasteiger partial charge in [0, 0.05) is 31.1 Å². The first-order chi connectivity index (χ1) is 9.70. The Hall–Kier alpha value is -0.650. The molecule has 1 aliphatic heterocycles. The van der Waals surface area contributed by atoms with E-state index in [1.54, 1.807) is 6.07 Å². The number of rotatable bonds is 6. The van der Waals surface area contributed by atoms with E-state index in [1.807, 2.05) is 11.8 Å². The average Bonchev–Trinajstić information content (AvgIpc) is 2.47. The molecule has 5 heteroatoms. The fourth-order valence-corrected chi connectivity index (χ4v) is 3.66. The van der Waals surface area contributed by atoms with Gasteiger partial charge in [0.05, 0.1) is 17.9 Å². The zero-order valence-electron chi connectivity index (χ0n) is 12.3. The lowest BCUT2D eigenvalue weighted by Gasteiger charge is -2.32. The van der Waals surface area contributed by atoms with Crippen LogP contribution >= 0.6 is 11.8 Å². The van der Waals surface area contributed by atoms with Gasteiger partial charge in [0.15, 0.2) is 0 Å². The van der Waals surface area contributed by atoms with Gasteiger partial charge in [-0.15, -0.1) is 0 Å². The first-order valence-electron chi connectivity index (χ1n) is 7.35. The van der Waals surface area contributed by atoms with Crippen LogP contribution in [0.5, 0.6) is 0 Å². The van der Waals surface area contributed by atoms with Crippen LogP contribution < -0.4 is 5.32 Å². The van der Waals surface area contributed by atoms with Crippen LogP contribution in [-0.4, -0.2) is 47.6 Å². The number of aromatic nitrogens is 1. The zero-order valence-corrected chi connectivity index (χ0v) is 13.1. The van der Waals surface area contributed by atoms with Gasteiger partial charge in [-0.2, -0.15) is 11.8 Å². The van der Waals surface area contributed by atoms with Crippen molar-refractivity contribution in [2.75, 3.05) is 37.7 Å². The second-order valence-electron chi connectivity index (χ2n) is 5.33. The van der Waals surface area contributed by atoms with Crippen molar-refractivity contribution in [2.24, 2.45) is 5.92 Å². The first kappa shape index (κ1) is 15.7. The molecule has 3 nitrogen and oxygen atoms in total. The van der Waals surface area contributed by atoms with E-state index < -0.39 is 0 Å². The van der Waals surface area contributed by atoms with Gasteiger partial charge in [-0.3, -0.25) is 4.98 Å². The Bertz CT molecular complexity index is 393. The van der Waals surface area contributed by atoms with Gasteiger partial charge in [-0.05, 0) is 24.6 Å². The maximum Gasteiger partial charge on any atom is 0.141 e. The summed E-state index contributed by atoms with van der Waals surface area (Å²) in [6, 6.07) is 3.48. The molecule has 1 fully saturated rings. The van der Waals surface area contributed by atoms with Gasteiger partial charge >= 0.3 is 0 Å². The van der Waals surface area contributed by atoms with E-state index in [1.165, 1.54) is 36.9 Å². The molecule has 1 aliphatic rings. The highest BCUT2D eigenvalue weighted by Crippen LogP contribution is 2.22. The molecule has 0 amide bonds. The average molecular weight is 297 g/mol. The number of halogens is 1. The molecule has 20 heavy (non-hydrogen) atoms. The molecule has 1 aromatic heterocycles. The van der Waals surface area contributed by atoms with Crippen molar-refractivity contribution in [1.29, 1.82) is 0 Å². The van der Waals surface area contributed by atoms with Gasteiger partial charge in [0.2, 0.25) is 0 Å². The van der Waals surface area contributed by atoms with Crippen LogP contribution in [0.1, 0.15) is 25.6 Å². The molecule has 112 valence electrons. The minimum atomic E-state index is -0.273. The van der Waals surface area contributed by atoms with Gasteiger partial charge in [-0.25, -0.2) is 4.39 Å². The van der Waals surface area contributed by atoms with E-state index in [2.05, 4.69) is 29.0 Å². The summed E-state index contributed by atoms with van der Waals surface area (Å²) in [6.45, 7) is 8.65. The summed E-state index contributed by atoms with van der Waals surface area (Å²) in [6.07, 6.45) is 1.31. The summed E-state index contributed by atoms with van der Waals surface area (Å²) < 4.78 is 13.0. The molecule has 0 spiro atoms. The van der Waals surface area contributed by atoms with E-state index in [9.17, 15) is 4.39 Å². The van der Waals surface area contributed by atoms with Crippen molar-refractivity contribution >= 4 is 11.8 Å². The number of hydrogen-bond acceptors (Lipinski definition) is 4. The number of nitrogens with zero attached hydrogens (tertiary/aromatic N) is 2. The minimum absolute atomic E-state index is 0.190. The topological polar surface area (TPSA) is 28.2 Å². The predicted molar refractivity (Wildman–Crippen MR) is 83.5 cm³/mol. The summed E-state index contributed by atoms with van der Waals surface area (Å²) in [5.41, 5.74) is 0.937. The molecule has 0 aliphatic carbocycles. The van der Waals surface area contributed by atoms with Gasteiger partial charge in [-0.1, -0.05) is 13.8 Å². The van der Waals surface area contributed by atoms with E-state index in [-0.39, 0.29) is 11.9 Å². The molecular formula is C15H24FN3S. The molecular weight excluding hydrogens is 273 g/mol. The molecule has 0 saturated carbocycles. The first-order valence-corrected chi connectivity index (χ1v) is 8.51. The largest absolute Gasteiger partial charge is 0.309 e. The summed E-state index contributed by atoms with van der Waals surface area (Å²) >= 11 is 2.03. The fraction of sp³-hybridized carbons (Fsp3) is 0.667. The number of nitrogens with one attached hydrogen (secondary N) is 1. The Morgan fingerprint density at radius 3 is 2.75 bits per heavy atom. The summed E-state index contributed by atoms with van der Waals surface area (Å²) in [7, 11) is 0. The number of hydrogen-bond donors (Lipinski definition) is 1. The number of pyridine rings is 1. The highest BCUT2D eigenvalue weighted by atomic mass is 32.2. The smallest absolute Gasteiger partial charge is 0.141 e. The monoisotopic (exact) mass is 297 g/mol. The lowest BCUT2D eigenvalue weighted by Crippen LogP contribution is -2.40. The van der Waals surface area contributed by atoms with Crippen molar-refractivity contribution in [2.45, 2.75) is 19.9 Å². The molecule has 0 radical (unpaired) electrons. The highest BCUT2D eigenvalue weighted by molar-refractivity contribution is 7.99. The van der Waals surface area contributed by atoms with Gasteiger partial charge in [0.1, 0.15) is 5.82 Å². The minimum Gasteiger partial charge on any atom is -0.309 e. The molecule has 1 aromatic rings. The SMILES string of the molecule is CCNC(c1ccc(F)cn1)C(C)CN1CCSCC1. The molecule has 2 unspecified atom stereocenters. The van der Waals surface area contributed by atoms with Crippen LogP contribution in [0.2, 0.25) is 0 Å². The van der Waals surface area contributed by atoms with Gasteiger partial charge < -0.3 is 10.2 Å². The standard InChI is InChI=1S/C15H24FN3S/c1-3-17-15(14-5-4-13(16)10-18-14)12(2)11-19-6-8-20-9-7-19/h4-5,10,12,15,17H,3,6-9,11H2,1-2H3. The van der Waals surface area contributed by atoms with Crippen LogP contribution in [0.3, 0.4) is 0 Å².